The molecule has 1 saturated heterocycles. The Hall–Kier alpha value is -1.55. The highest BCUT2D eigenvalue weighted by atomic mass is 16.5. The number of likely N-dealkylation sites (tertiary alicyclic amines) is 1. The van der Waals surface area contributed by atoms with Crippen LogP contribution in [0.25, 0.3) is 0 Å². The molecule has 0 spiro atoms. The largest absolute Gasteiger partial charge is 0.496 e. The lowest BCUT2D eigenvalue weighted by atomic mass is 9.93. The van der Waals surface area contributed by atoms with Crippen LogP contribution in [0.5, 0.6) is 5.75 Å². The first-order chi connectivity index (χ1) is 10.2. The molecule has 4 heteroatoms. The van der Waals surface area contributed by atoms with Gasteiger partial charge in [-0.25, -0.2) is 0 Å². The second kappa shape index (κ2) is 7.46. The zero-order chi connectivity index (χ0) is 15.2. The van der Waals surface area contributed by atoms with Gasteiger partial charge in [-0.2, -0.15) is 0 Å². The van der Waals surface area contributed by atoms with E-state index in [0.717, 1.165) is 43.7 Å². The van der Waals surface area contributed by atoms with Gasteiger partial charge in [-0.15, -0.1) is 0 Å². The van der Waals surface area contributed by atoms with E-state index in [0.29, 0.717) is 13.0 Å². The van der Waals surface area contributed by atoms with Crippen LogP contribution < -0.4 is 10.5 Å². The summed E-state index contributed by atoms with van der Waals surface area (Å²) < 4.78 is 5.36. The highest BCUT2D eigenvalue weighted by molar-refractivity contribution is 5.77. The third-order valence-corrected chi connectivity index (χ3v) is 4.32. The number of nitrogens with zero attached hydrogens (tertiary/aromatic N) is 1. The first-order valence-electron chi connectivity index (χ1n) is 7.84. The van der Waals surface area contributed by atoms with Gasteiger partial charge >= 0.3 is 0 Å². The molecule has 0 aliphatic carbocycles. The third kappa shape index (κ3) is 3.76. The zero-order valence-electron chi connectivity index (χ0n) is 13.1. The topological polar surface area (TPSA) is 55.6 Å². The number of nitrogens with two attached hydrogens (primary N) is 1. The highest BCUT2D eigenvalue weighted by Gasteiger charge is 2.22. The summed E-state index contributed by atoms with van der Waals surface area (Å²) in [5.74, 6) is 1.23. The molecule has 4 nitrogen and oxygen atoms in total. The van der Waals surface area contributed by atoms with Crippen LogP contribution in [0.2, 0.25) is 0 Å². The van der Waals surface area contributed by atoms with Gasteiger partial charge in [-0.3, -0.25) is 4.79 Å². The summed E-state index contributed by atoms with van der Waals surface area (Å²) >= 11 is 0. The SMILES string of the molecule is CCc1cc(C(CN)CC(=O)N2CCCC2)ccc1OC. The van der Waals surface area contributed by atoms with Crippen LogP contribution in [0.4, 0.5) is 0 Å². The minimum atomic E-state index is 0.0920. The van der Waals surface area contributed by atoms with E-state index < -0.39 is 0 Å². The van der Waals surface area contributed by atoms with Crippen LogP contribution in [0.15, 0.2) is 18.2 Å². The van der Waals surface area contributed by atoms with Crippen molar-refractivity contribution in [2.24, 2.45) is 5.73 Å². The Morgan fingerprint density at radius 3 is 2.67 bits per heavy atom. The Labute approximate surface area is 127 Å². The normalized spacial score (nSPS) is 16.0. The van der Waals surface area contributed by atoms with Gasteiger partial charge in [0.2, 0.25) is 5.91 Å². The molecule has 1 aliphatic heterocycles. The minimum absolute atomic E-state index is 0.0920. The van der Waals surface area contributed by atoms with E-state index >= 15 is 0 Å². The molecule has 0 bridgehead atoms. The van der Waals surface area contributed by atoms with Gasteiger partial charge in [0.15, 0.2) is 0 Å². The van der Waals surface area contributed by atoms with Crippen molar-refractivity contribution in [1.82, 2.24) is 4.90 Å². The molecule has 1 amide bonds. The monoisotopic (exact) mass is 290 g/mol. The fourth-order valence-corrected chi connectivity index (χ4v) is 2.97. The standard InChI is InChI=1S/C17H26N2O2/c1-3-13-10-14(6-7-16(13)21-2)15(12-18)11-17(20)19-8-4-5-9-19/h6-7,10,15H,3-5,8-9,11-12,18H2,1-2H3. The molecule has 1 atom stereocenters. The van der Waals surface area contributed by atoms with Crippen LogP contribution >= 0.6 is 0 Å². The molecule has 0 aromatic heterocycles. The van der Waals surface area contributed by atoms with Gasteiger partial charge in [0, 0.05) is 25.4 Å². The van der Waals surface area contributed by atoms with Gasteiger partial charge < -0.3 is 15.4 Å². The van der Waals surface area contributed by atoms with Crippen molar-refractivity contribution in [3.05, 3.63) is 29.3 Å². The lowest BCUT2D eigenvalue weighted by Crippen LogP contribution is -2.30. The molecule has 21 heavy (non-hydrogen) atoms. The van der Waals surface area contributed by atoms with Gasteiger partial charge in [0.1, 0.15) is 5.75 Å². The van der Waals surface area contributed by atoms with E-state index in [4.69, 9.17) is 10.5 Å². The van der Waals surface area contributed by atoms with Crippen LogP contribution in [-0.4, -0.2) is 37.6 Å². The van der Waals surface area contributed by atoms with Gasteiger partial charge in [-0.1, -0.05) is 19.1 Å². The molecule has 1 aromatic rings. The number of amides is 1. The maximum absolute atomic E-state index is 12.3. The lowest BCUT2D eigenvalue weighted by Gasteiger charge is -2.21. The van der Waals surface area contributed by atoms with Crippen LogP contribution in [-0.2, 0) is 11.2 Å². The summed E-state index contributed by atoms with van der Waals surface area (Å²) in [7, 11) is 1.69. The highest BCUT2D eigenvalue weighted by Crippen LogP contribution is 2.27. The number of hydrogen-bond acceptors (Lipinski definition) is 3. The van der Waals surface area contributed by atoms with Crippen molar-refractivity contribution in [2.75, 3.05) is 26.7 Å². The molecule has 1 aliphatic rings. The number of benzene rings is 1. The third-order valence-electron chi connectivity index (χ3n) is 4.32. The number of hydrogen-bond donors (Lipinski definition) is 1. The van der Waals surface area contributed by atoms with Crippen LogP contribution in [0.1, 0.15) is 43.2 Å². The molecule has 0 radical (unpaired) electrons. The maximum Gasteiger partial charge on any atom is 0.223 e. The average molecular weight is 290 g/mol. The Morgan fingerprint density at radius 1 is 1.38 bits per heavy atom. The van der Waals surface area contributed by atoms with E-state index in [1.807, 2.05) is 17.0 Å². The van der Waals surface area contributed by atoms with E-state index in [2.05, 4.69) is 13.0 Å². The number of methoxy groups -OCH3 is 1. The van der Waals surface area contributed by atoms with E-state index in [1.54, 1.807) is 7.11 Å². The summed E-state index contributed by atoms with van der Waals surface area (Å²) in [6, 6.07) is 6.15. The summed E-state index contributed by atoms with van der Waals surface area (Å²) in [4.78, 5) is 14.3. The molecular formula is C17H26N2O2. The summed E-state index contributed by atoms with van der Waals surface area (Å²) in [6.45, 7) is 4.40. The van der Waals surface area contributed by atoms with E-state index in [1.165, 1.54) is 5.56 Å². The summed E-state index contributed by atoms with van der Waals surface area (Å²) in [5, 5.41) is 0. The Kier molecular flexibility index (Phi) is 5.62. The zero-order valence-corrected chi connectivity index (χ0v) is 13.1. The van der Waals surface area contributed by atoms with Crippen molar-refractivity contribution in [3.63, 3.8) is 0 Å². The van der Waals surface area contributed by atoms with Gasteiger partial charge in [0.25, 0.3) is 0 Å². The van der Waals surface area contributed by atoms with Gasteiger partial charge in [-0.05, 0) is 43.0 Å². The van der Waals surface area contributed by atoms with Crippen molar-refractivity contribution in [3.8, 4) is 5.75 Å². The Bertz CT molecular complexity index is 482. The first-order valence-corrected chi connectivity index (χ1v) is 7.84. The maximum atomic E-state index is 12.3. The Balaban J connectivity index is 2.11. The fourth-order valence-electron chi connectivity index (χ4n) is 2.97. The minimum Gasteiger partial charge on any atom is -0.496 e. The molecule has 0 saturated carbocycles. The Morgan fingerprint density at radius 2 is 2.10 bits per heavy atom. The van der Waals surface area contributed by atoms with Crippen LogP contribution in [0.3, 0.4) is 0 Å². The predicted octanol–water partition coefficient (Wildman–Crippen LogP) is 2.31. The second-order valence-electron chi connectivity index (χ2n) is 5.65. The fraction of sp³-hybridized carbons (Fsp3) is 0.588. The molecule has 1 unspecified atom stereocenters. The average Bonchev–Trinajstić information content (AvgIpc) is 3.06. The van der Waals surface area contributed by atoms with Gasteiger partial charge in [0.05, 0.1) is 7.11 Å². The van der Waals surface area contributed by atoms with Crippen molar-refractivity contribution < 1.29 is 9.53 Å². The number of ether oxygens (including phenoxy) is 1. The number of rotatable bonds is 6. The summed E-state index contributed by atoms with van der Waals surface area (Å²) in [5.41, 5.74) is 8.22. The number of aryl methyl sites for hydroxylation is 1. The molecule has 1 aromatic carbocycles. The molecule has 116 valence electrons. The van der Waals surface area contributed by atoms with Crippen molar-refractivity contribution in [2.45, 2.75) is 38.5 Å². The lowest BCUT2D eigenvalue weighted by molar-refractivity contribution is -0.130. The van der Waals surface area contributed by atoms with Crippen molar-refractivity contribution in [1.29, 1.82) is 0 Å². The smallest absolute Gasteiger partial charge is 0.223 e. The van der Waals surface area contributed by atoms with E-state index in [9.17, 15) is 4.79 Å². The van der Waals surface area contributed by atoms with Crippen molar-refractivity contribution >= 4 is 5.91 Å². The molecule has 1 heterocycles. The first kappa shape index (κ1) is 15.8. The van der Waals surface area contributed by atoms with Crippen LogP contribution in [0, 0.1) is 0 Å². The van der Waals surface area contributed by atoms with E-state index in [-0.39, 0.29) is 11.8 Å². The molecule has 1 fully saturated rings. The molecule has 2 N–H and O–H groups in total. The summed E-state index contributed by atoms with van der Waals surface area (Å²) in [6.07, 6.45) is 3.67. The molecule has 2 rings (SSSR count). The molecular weight excluding hydrogens is 264 g/mol. The quantitative estimate of drug-likeness (QED) is 0.874. The number of carbonyl (C=O) groups excluding carboxylic acids is 1. The number of carbonyl (C=O) groups is 1. The second-order valence-corrected chi connectivity index (χ2v) is 5.65. The predicted molar refractivity (Wildman–Crippen MR) is 84.6 cm³/mol.